The maximum absolute atomic E-state index is 13.8. The molecule has 1 amide bonds. The number of halogens is 1. The molecule has 144 valence electrons. The molecule has 4 rings (SSSR count). The fraction of sp³-hybridized carbons (Fsp3) is 0.0870. The normalized spacial score (nSPS) is 10.8. The first-order valence-electron chi connectivity index (χ1n) is 9.10. The Morgan fingerprint density at radius 2 is 1.83 bits per heavy atom. The van der Waals surface area contributed by atoms with Gasteiger partial charge in [-0.3, -0.25) is 4.79 Å². The monoisotopic (exact) mass is 403 g/mol. The summed E-state index contributed by atoms with van der Waals surface area (Å²) in [5.74, 6) is 0.195. The van der Waals surface area contributed by atoms with Crippen LogP contribution in [0.5, 0.6) is 0 Å². The Kier molecular flexibility index (Phi) is 5.53. The molecular weight excluding hydrogens is 385 g/mol. The van der Waals surface area contributed by atoms with Gasteiger partial charge >= 0.3 is 0 Å². The fourth-order valence-electron chi connectivity index (χ4n) is 2.95. The Labute approximate surface area is 172 Å². The van der Waals surface area contributed by atoms with Crippen molar-refractivity contribution in [2.24, 2.45) is 0 Å². The van der Waals surface area contributed by atoms with Crippen LogP contribution in [0.4, 0.5) is 10.1 Å². The van der Waals surface area contributed by atoms with Crippen LogP contribution in [0.25, 0.3) is 22.3 Å². The largest absolute Gasteiger partial charge is 0.325 e. The number of benzene rings is 3. The summed E-state index contributed by atoms with van der Waals surface area (Å²) in [5.41, 5.74) is 3.33. The number of anilines is 1. The van der Waals surface area contributed by atoms with Gasteiger partial charge in [0.1, 0.15) is 10.8 Å². The minimum atomic E-state index is -0.361. The van der Waals surface area contributed by atoms with Crippen LogP contribution in [-0.4, -0.2) is 21.6 Å². The van der Waals surface area contributed by atoms with E-state index in [2.05, 4.69) is 15.3 Å². The van der Waals surface area contributed by atoms with Crippen molar-refractivity contribution in [1.82, 2.24) is 9.97 Å². The molecule has 29 heavy (non-hydrogen) atoms. The molecule has 0 spiro atoms. The van der Waals surface area contributed by atoms with Gasteiger partial charge in [0.15, 0.2) is 5.82 Å². The third-order valence-corrected chi connectivity index (χ3v) is 5.29. The Hall–Kier alpha value is -3.25. The standard InChI is InChI=1S/C23H18FN3OS/c1-15-6-5-9-18(12-15)25-21(28)14-29-23-19-13-17(24)10-11-20(19)26-22(27-23)16-7-3-2-4-8-16/h2-13H,14H2,1H3,(H,25,28). The molecule has 3 aromatic carbocycles. The number of amides is 1. The molecule has 0 radical (unpaired) electrons. The zero-order chi connectivity index (χ0) is 20.2. The highest BCUT2D eigenvalue weighted by Gasteiger charge is 2.13. The molecule has 0 aliphatic carbocycles. The van der Waals surface area contributed by atoms with Gasteiger partial charge in [0.2, 0.25) is 5.91 Å². The summed E-state index contributed by atoms with van der Waals surface area (Å²) in [5, 5.41) is 4.05. The lowest BCUT2D eigenvalue weighted by Gasteiger charge is -2.09. The Bertz CT molecular complexity index is 1180. The molecule has 1 heterocycles. The highest BCUT2D eigenvalue weighted by Crippen LogP contribution is 2.29. The summed E-state index contributed by atoms with van der Waals surface area (Å²) < 4.78 is 13.8. The van der Waals surface area contributed by atoms with Crippen molar-refractivity contribution < 1.29 is 9.18 Å². The Morgan fingerprint density at radius 1 is 1.00 bits per heavy atom. The average molecular weight is 403 g/mol. The molecule has 1 N–H and O–H groups in total. The Morgan fingerprint density at radius 3 is 2.62 bits per heavy atom. The van der Waals surface area contributed by atoms with Crippen molar-refractivity contribution in [3.8, 4) is 11.4 Å². The van der Waals surface area contributed by atoms with Crippen molar-refractivity contribution >= 4 is 34.3 Å². The topological polar surface area (TPSA) is 54.9 Å². The lowest BCUT2D eigenvalue weighted by molar-refractivity contribution is -0.113. The van der Waals surface area contributed by atoms with Gasteiger partial charge in [-0.25, -0.2) is 14.4 Å². The highest BCUT2D eigenvalue weighted by atomic mass is 32.2. The van der Waals surface area contributed by atoms with Crippen LogP contribution >= 0.6 is 11.8 Å². The average Bonchev–Trinajstić information content (AvgIpc) is 2.72. The zero-order valence-corrected chi connectivity index (χ0v) is 16.5. The molecule has 0 saturated carbocycles. The number of rotatable bonds is 5. The van der Waals surface area contributed by atoms with E-state index in [9.17, 15) is 9.18 Å². The lowest BCUT2D eigenvalue weighted by atomic mass is 10.2. The molecule has 0 aliphatic rings. The predicted octanol–water partition coefficient (Wildman–Crippen LogP) is 5.48. The Balaban J connectivity index is 1.61. The number of carbonyl (C=O) groups is 1. The predicted molar refractivity (Wildman–Crippen MR) is 115 cm³/mol. The second-order valence-electron chi connectivity index (χ2n) is 6.59. The minimum Gasteiger partial charge on any atom is -0.325 e. The van der Waals surface area contributed by atoms with E-state index in [1.807, 2.05) is 61.5 Å². The van der Waals surface area contributed by atoms with Crippen molar-refractivity contribution in [1.29, 1.82) is 0 Å². The molecular formula is C23H18FN3OS. The molecule has 1 aromatic heterocycles. The van der Waals surface area contributed by atoms with Crippen LogP contribution in [0.1, 0.15) is 5.56 Å². The second-order valence-corrected chi connectivity index (χ2v) is 7.55. The van der Waals surface area contributed by atoms with Crippen molar-refractivity contribution in [3.63, 3.8) is 0 Å². The second kappa shape index (κ2) is 8.41. The van der Waals surface area contributed by atoms with Crippen LogP contribution in [0, 0.1) is 12.7 Å². The summed E-state index contributed by atoms with van der Waals surface area (Å²) in [4.78, 5) is 21.6. The summed E-state index contributed by atoms with van der Waals surface area (Å²) in [6.45, 7) is 1.97. The molecule has 0 bridgehead atoms. The van der Waals surface area contributed by atoms with Crippen LogP contribution in [-0.2, 0) is 4.79 Å². The number of fused-ring (bicyclic) bond motifs is 1. The number of nitrogens with one attached hydrogen (secondary N) is 1. The maximum atomic E-state index is 13.8. The third-order valence-electron chi connectivity index (χ3n) is 4.30. The van der Waals surface area contributed by atoms with Crippen LogP contribution in [0.3, 0.4) is 0 Å². The minimum absolute atomic E-state index is 0.148. The van der Waals surface area contributed by atoms with E-state index in [1.54, 1.807) is 6.07 Å². The van der Waals surface area contributed by atoms with E-state index in [4.69, 9.17) is 0 Å². The van der Waals surface area contributed by atoms with Crippen molar-refractivity contribution in [2.45, 2.75) is 11.9 Å². The van der Waals surface area contributed by atoms with Gasteiger partial charge in [-0.05, 0) is 42.8 Å². The number of hydrogen-bond acceptors (Lipinski definition) is 4. The number of aryl methyl sites for hydroxylation is 1. The summed E-state index contributed by atoms with van der Waals surface area (Å²) in [6.07, 6.45) is 0. The first-order chi connectivity index (χ1) is 14.1. The fourth-order valence-corrected chi connectivity index (χ4v) is 3.76. The smallest absolute Gasteiger partial charge is 0.234 e. The number of nitrogens with zero attached hydrogens (tertiary/aromatic N) is 2. The summed E-state index contributed by atoms with van der Waals surface area (Å²) in [7, 11) is 0. The molecule has 0 saturated heterocycles. The van der Waals surface area contributed by atoms with Crippen LogP contribution < -0.4 is 5.32 Å². The zero-order valence-electron chi connectivity index (χ0n) is 15.7. The van der Waals surface area contributed by atoms with Crippen molar-refractivity contribution in [2.75, 3.05) is 11.1 Å². The molecule has 4 nitrogen and oxygen atoms in total. The van der Waals surface area contributed by atoms with Crippen molar-refractivity contribution in [3.05, 3.63) is 84.2 Å². The third kappa shape index (κ3) is 4.60. The number of aromatic nitrogens is 2. The van der Waals surface area contributed by atoms with Gasteiger partial charge in [-0.1, -0.05) is 54.2 Å². The maximum Gasteiger partial charge on any atom is 0.234 e. The SMILES string of the molecule is Cc1cccc(NC(=O)CSc2nc(-c3ccccc3)nc3ccc(F)cc23)c1. The lowest BCUT2D eigenvalue weighted by Crippen LogP contribution is -2.14. The highest BCUT2D eigenvalue weighted by molar-refractivity contribution is 8.00. The molecule has 0 unspecified atom stereocenters. The van der Waals surface area contributed by atoms with Gasteiger partial charge < -0.3 is 5.32 Å². The molecule has 6 heteroatoms. The molecule has 0 fully saturated rings. The summed E-state index contributed by atoms with van der Waals surface area (Å²) in [6, 6.07) is 21.6. The number of carbonyl (C=O) groups excluding carboxylic acids is 1. The first-order valence-corrected chi connectivity index (χ1v) is 10.1. The van der Waals surface area contributed by atoms with Crippen LogP contribution in [0.15, 0.2) is 77.8 Å². The molecule has 4 aromatic rings. The van der Waals surface area contributed by atoms with Gasteiger partial charge in [0, 0.05) is 16.6 Å². The quantitative estimate of drug-likeness (QED) is 0.354. The van der Waals surface area contributed by atoms with Crippen LogP contribution in [0.2, 0.25) is 0 Å². The van der Waals surface area contributed by atoms with E-state index in [0.29, 0.717) is 21.8 Å². The van der Waals surface area contributed by atoms with E-state index in [1.165, 1.54) is 23.9 Å². The number of thioether (sulfide) groups is 1. The van der Waals surface area contributed by atoms with E-state index < -0.39 is 0 Å². The van der Waals surface area contributed by atoms with Gasteiger partial charge in [0.05, 0.1) is 11.3 Å². The number of hydrogen-bond donors (Lipinski definition) is 1. The summed E-state index contributed by atoms with van der Waals surface area (Å²) >= 11 is 1.27. The van der Waals surface area contributed by atoms with Gasteiger partial charge in [-0.15, -0.1) is 0 Å². The van der Waals surface area contributed by atoms with Gasteiger partial charge in [-0.2, -0.15) is 0 Å². The van der Waals surface area contributed by atoms with E-state index in [0.717, 1.165) is 16.8 Å². The molecule has 0 atom stereocenters. The van der Waals surface area contributed by atoms with Gasteiger partial charge in [0.25, 0.3) is 0 Å². The van der Waals surface area contributed by atoms with E-state index in [-0.39, 0.29) is 17.5 Å². The first kappa shape index (κ1) is 19.1. The van der Waals surface area contributed by atoms with E-state index >= 15 is 0 Å². The molecule has 0 aliphatic heterocycles.